The minimum Gasteiger partial charge on any atom is -0.337 e. The van der Waals surface area contributed by atoms with Crippen LogP contribution in [0.3, 0.4) is 0 Å². The van der Waals surface area contributed by atoms with E-state index in [9.17, 15) is 9.59 Å². The van der Waals surface area contributed by atoms with E-state index in [0.29, 0.717) is 16.5 Å². The van der Waals surface area contributed by atoms with Gasteiger partial charge in [0.2, 0.25) is 0 Å². The van der Waals surface area contributed by atoms with Crippen LogP contribution in [0.1, 0.15) is 28.9 Å². The third kappa shape index (κ3) is 3.87. The Kier molecular flexibility index (Phi) is 4.57. The summed E-state index contributed by atoms with van der Waals surface area (Å²) in [6, 6.07) is 7.14. The topological polar surface area (TPSA) is 74.3 Å². The number of aryl methyl sites for hydroxylation is 1. The molecule has 0 bridgehead atoms. The van der Waals surface area contributed by atoms with E-state index in [1.807, 2.05) is 31.2 Å². The van der Waals surface area contributed by atoms with Crippen LogP contribution < -0.4 is 10.6 Å². The van der Waals surface area contributed by atoms with Gasteiger partial charge in [0, 0.05) is 24.2 Å². The van der Waals surface area contributed by atoms with Crippen LogP contribution in [0.2, 0.25) is 0 Å². The number of anilines is 2. The molecule has 6 nitrogen and oxygen atoms in total. The SMILES string of the molecule is Cc1ccc(NC(=O)Nc2nc(C(=O)N3CCCC3)cs2)cc1. The Balaban J connectivity index is 1.58. The van der Waals surface area contributed by atoms with Crippen molar-refractivity contribution in [3.63, 3.8) is 0 Å². The number of thiazole rings is 1. The predicted molar refractivity (Wildman–Crippen MR) is 91.1 cm³/mol. The first kappa shape index (κ1) is 15.5. The van der Waals surface area contributed by atoms with Crippen molar-refractivity contribution in [3.05, 3.63) is 40.9 Å². The van der Waals surface area contributed by atoms with Crippen molar-refractivity contribution < 1.29 is 9.59 Å². The molecule has 2 N–H and O–H groups in total. The van der Waals surface area contributed by atoms with E-state index < -0.39 is 0 Å². The maximum atomic E-state index is 12.2. The molecule has 1 aliphatic heterocycles. The van der Waals surface area contributed by atoms with Crippen LogP contribution in [-0.2, 0) is 0 Å². The second-order valence-electron chi connectivity index (χ2n) is 5.48. The highest BCUT2D eigenvalue weighted by Gasteiger charge is 2.22. The summed E-state index contributed by atoms with van der Waals surface area (Å²) in [6.07, 6.45) is 2.08. The van der Waals surface area contributed by atoms with Crippen molar-refractivity contribution in [2.75, 3.05) is 23.7 Å². The number of urea groups is 1. The van der Waals surface area contributed by atoms with E-state index in [4.69, 9.17) is 0 Å². The first-order valence-corrected chi connectivity index (χ1v) is 8.39. The zero-order valence-electron chi connectivity index (χ0n) is 12.8. The molecule has 7 heteroatoms. The number of hydrogen-bond acceptors (Lipinski definition) is 4. The maximum Gasteiger partial charge on any atom is 0.325 e. The third-order valence-electron chi connectivity index (χ3n) is 3.65. The molecule has 2 heterocycles. The van der Waals surface area contributed by atoms with Crippen LogP contribution in [-0.4, -0.2) is 34.9 Å². The highest BCUT2D eigenvalue weighted by Crippen LogP contribution is 2.19. The number of carbonyl (C=O) groups excluding carboxylic acids is 2. The van der Waals surface area contributed by atoms with Crippen molar-refractivity contribution in [1.82, 2.24) is 9.88 Å². The minimum atomic E-state index is -0.372. The van der Waals surface area contributed by atoms with Gasteiger partial charge in [-0.2, -0.15) is 0 Å². The van der Waals surface area contributed by atoms with E-state index in [-0.39, 0.29) is 11.9 Å². The van der Waals surface area contributed by atoms with Gasteiger partial charge in [-0.15, -0.1) is 11.3 Å². The van der Waals surface area contributed by atoms with Crippen molar-refractivity contribution >= 4 is 34.1 Å². The number of aromatic nitrogens is 1. The van der Waals surface area contributed by atoms with E-state index in [0.717, 1.165) is 31.5 Å². The molecule has 0 unspecified atom stereocenters. The van der Waals surface area contributed by atoms with E-state index in [2.05, 4.69) is 15.6 Å². The molecule has 1 aliphatic rings. The van der Waals surface area contributed by atoms with Crippen LogP contribution >= 0.6 is 11.3 Å². The molecule has 23 heavy (non-hydrogen) atoms. The van der Waals surface area contributed by atoms with Crippen molar-refractivity contribution in [3.8, 4) is 0 Å². The van der Waals surface area contributed by atoms with Crippen molar-refractivity contribution in [1.29, 1.82) is 0 Å². The Hall–Kier alpha value is -2.41. The molecule has 1 saturated heterocycles. The summed E-state index contributed by atoms with van der Waals surface area (Å²) in [6.45, 7) is 3.55. The highest BCUT2D eigenvalue weighted by atomic mass is 32.1. The molecule has 1 aromatic carbocycles. The molecule has 0 atom stereocenters. The molecular weight excluding hydrogens is 312 g/mol. The first-order chi connectivity index (χ1) is 11.1. The fraction of sp³-hybridized carbons (Fsp3) is 0.312. The van der Waals surface area contributed by atoms with E-state index in [1.165, 1.54) is 11.3 Å². The van der Waals surface area contributed by atoms with Gasteiger partial charge in [0.1, 0.15) is 5.69 Å². The van der Waals surface area contributed by atoms with Crippen LogP contribution in [0, 0.1) is 6.92 Å². The molecule has 0 saturated carbocycles. The van der Waals surface area contributed by atoms with Crippen LogP contribution in [0.15, 0.2) is 29.6 Å². The quantitative estimate of drug-likeness (QED) is 0.906. The molecule has 0 aliphatic carbocycles. The van der Waals surface area contributed by atoms with Gasteiger partial charge in [-0.25, -0.2) is 9.78 Å². The summed E-state index contributed by atoms with van der Waals surface area (Å²) >= 11 is 1.25. The van der Waals surface area contributed by atoms with Gasteiger partial charge in [-0.05, 0) is 31.9 Å². The number of amides is 3. The average molecular weight is 330 g/mol. The highest BCUT2D eigenvalue weighted by molar-refractivity contribution is 7.14. The second kappa shape index (κ2) is 6.78. The van der Waals surface area contributed by atoms with Gasteiger partial charge >= 0.3 is 6.03 Å². The summed E-state index contributed by atoms with van der Waals surface area (Å²) in [5.74, 6) is -0.0641. The number of nitrogens with zero attached hydrogens (tertiary/aromatic N) is 2. The van der Waals surface area contributed by atoms with Crippen LogP contribution in [0.5, 0.6) is 0 Å². The Bertz CT molecular complexity index is 705. The van der Waals surface area contributed by atoms with Crippen molar-refractivity contribution in [2.24, 2.45) is 0 Å². The molecule has 1 fully saturated rings. The lowest BCUT2D eigenvalue weighted by atomic mass is 10.2. The fourth-order valence-corrected chi connectivity index (χ4v) is 3.09. The van der Waals surface area contributed by atoms with E-state index in [1.54, 1.807) is 10.3 Å². The van der Waals surface area contributed by atoms with Crippen molar-refractivity contribution in [2.45, 2.75) is 19.8 Å². The second-order valence-corrected chi connectivity index (χ2v) is 6.34. The van der Waals surface area contributed by atoms with Gasteiger partial charge in [0.05, 0.1) is 0 Å². The summed E-state index contributed by atoms with van der Waals surface area (Å²) in [7, 11) is 0. The minimum absolute atomic E-state index is 0.0641. The smallest absolute Gasteiger partial charge is 0.325 e. The number of likely N-dealkylation sites (tertiary alicyclic amines) is 1. The van der Waals surface area contributed by atoms with Gasteiger partial charge < -0.3 is 10.2 Å². The Morgan fingerprint density at radius 2 is 1.83 bits per heavy atom. The lowest BCUT2D eigenvalue weighted by molar-refractivity contribution is 0.0788. The Labute approximate surface area is 138 Å². The maximum absolute atomic E-state index is 12.2. The number of rotatable bonds is 3. The number of hydrogen-bond donors (Lipinski definition) is 2. The Morgan fingerprint density at radius 3 is 2.52 bits per heavy atom. The third-order valence-corrected chi connectivity index (χ3v) is 4.40. The zero-order chi connectivity index (χ0) is 16.2. The van der Waals surface area contributed by atoms with Gasteiger partial charge in [-0.1, -0.05) is 17.7 Å². The van der Waals surface area contributed by atoms with Gasteiger partial charge in [0.25, 0.3) is 5.91 Å². The first-order valence-electron chi connectivity index (χ1n) is 7.51. The van der Waals surface area contributed by atoms with Gasteiger partial charge in [0.15, 0.2) is 5.13 Å². The summed E-state index contributed by atoms with van der Waals surface area (Å²) < 4.78 is 0. The molecule has 120 valence electrons. The average Bonchev–Trinajstić information content (AvgIpc) is 3.20. The summed E-state index contributed by atoms with van der Waals surface area (Å²) in [4.78, 5) is 30.2. The molecule has 1 aromatic heterocycles. The zero-order valence-corrected chi connectivity index (χ0v) is 13.7. The lowest BCUT2D eigenvalue weighted by Gasteiger charge is -2.12. The molecule has 0 spiro atoms. The normalized spacial score (nSPS) is 13.9. The number of carbonyl (C=O) groups is 2. The molecule has 3 rings (SSSR count). The molecule has 0 radical (unpaired) electrons. The predicted octanol–water partition coefficient (Wildman–Crippen LogP) is 3.33. The summed E-state index contributed by atoms with van der Waals surface area (Å²) in [5.41, 5.74) is 2.22. The summed E-state index contributed by atoms with van der Waals surface area (Å²) in [5, 5.41) is 7.49. The molecule has 3 amide bonds. The van der Waals surface area contributed by atoms with Crippen LogP contribution in [0.4, 0.5) is 15.6 Å². The standard InChI is InChI=1S/C16H18N4O2S/c1-11-4-6-12(7-5-11)17-15(22)19-16-18-13(10-23-16)14(21)20-8-2-3-9-20/h4-7,10H,2-3,8-9H2,1H3,(H2,17,18,19,22). The largest absolute Gasteiger partial charge is 0.337 e. The van der Waals surface area contributed by atoms with E-state index >= 15 is 0 Å². The fourth-order valence-electron chi connectivity index (χ4n) is 2.41. The number of nitrogens with one attached hydrogen (secondary N) is 2. The number of benzene rings is 1. The molecular formula is C16H18N4O2S. The monoisotopic (exact) mass is 330 g/mol. The molecule has 2 aromatic rings. The van der Waals surface area contributed by atoms with Gasteiger partial charge in [-0.3, -0.25) is 10.1 Å². The Morgan fingerprint density at radius 1 is 1.13 bits per heavy atom. The lowest BCUT2D eigenvalue weighted by Crippen LogP contribution is -2.28. The van der Waals surface area contributed by atoms with Crippen LogP contribution in [0.25, 0.3) is 0 Å².